The number of carbonyl (C=O) groups excluding carboxylic acids is 1. The number of ether oxygens (including phenoxy) is 1. The number of aromatic hydroxyl groups is 2. The molecule has 0 spiro atoms. The molecule has 25 heavy (non-hydrogen) atoms. The maximum absolute atomic E-state index is 11.7. The number of phenols is 2. The second-order valence-electron chi connectivity index (χ2n) is 4.95. The molecule has 3 N–H and O–H groups in total. The highest BCUT2D eigenvalue weighted by atomic mass is 79.9. The molecule has 0 aliphatic carbocycles. The maximum atomic E-state index is 11.7. The molecule has 0 atom stereocenters. The van der Waals surface area contributed by atoms with Crippen LogP contribution in [0, 0.1) is 6.92 Å². The molecule has 0 aliphatic heterocycles. The molecule has 6 nitrogen and oxygen atoms in total. The van der Waals surface area contributed by atoms with Crippen LogP contribution in [0.2, 0.25) is 5.02 Å². The van der Waals surface area contributed by atoms with E-state index in [0.717, 1.165) is 5.56 Å². The number of nitrogens with zero attached hydrogens (tertiary/aromatic N) is 1. The Morgan fingerprint density at radius 2 is 2.04 bits per heavy atom. The Morgan fingerprint density at radius 3 is 2.72 bits per heavy atom. The maximum Gasteiger partial charge on any atom is 0.277 e. The van der Waals surface area contributed by atoms with E-state index < -0.39 is 5.91 Å². The third-order valence-electron chi connectivity index (χ3n) is 3.09. The summed E-state index contributed by atoms with van der Waals surface area (Å²) in [6.07, 6.45) is 1.24. The summed E-state index contributed by atoms with van der Waals surface area (Å²) >= 11 is 12.1. The zero-order valence-electron chi connectivity index (χ0n) is 12.9. The molecule has 0 heterocycles. The third-order valence-corrected chi connectivity index (χ3v) is 4.87. The fourth-order valence-electron chi connectivity index (χ4n) is 1.78. The highest BCUT2D eigenvalue weighted by Gasteiger charge is 2.12. The van der Waals surface area contributed by atoms with E-state index in [0.29, 0.717) is 20.8 Å². The normalized spacial score (nSPS) is 10.9. The van der Waals surface area contributed by atoms with Crippen molar-refractivity contribution in [2.45, 2.75) is 6.92 Å². The van der Waals surface area contributed by atoms with Crippen LogP contribution >= 0.6 is 43.5 Å². The molecule has 9 heteroatoms. The van der Waals surface area contributed by atoms with Crippen LogP contribution < -0.4 is 10.2 Å². The number of hydrogen-bond donors (Lipinski definition) is 3. The van der Waals surface area contributed by atoms with Gasteiger partial charge >= 0.3 is 0 Å². The molecular weight excluding hydrogens is 479 g/mol. The van der Waals surface area contributed by atoms with Gasteiger partial charge < -0.3 is 14.9 Å². The van der Waals surface area contributed by atoms with Crippen molar-refractivity contribution in [2.75, 3.05) is 6.61 Å². The van der Waals surface area contributed by atoms with Gasteiger partial charge in [-0.3, -0.25) is 4.79 Å². The first-order valence-electron chi connectivity index (χ1n) is 6.90. The fraction of sp³-hybridized carbons (Fsp3) is 0.125. The Labute approximate surface area is 165 Å². The van der Waals surface area contributed by atoms with Crippen molar-refractivity contribution in [3.05, 3.63) is 49.4 Å². The fourth-order valence-corrected chi connectivity index (χ4v) is 3.05. The number of halogens is 3. The SMILES string of the molecule is Cc1cc(OCC(=O)N/N=C\c2cc(Br)c(O)c(Br)c2O)ccc1Cl. The van der Waals surface area contributed by atoms with Crippen LogP contribution in [0.1, 0.15) is 11.1 Å². The zero-order valence-corrected chi connectivity index (χ0v) is 16.8. The molecule has 132 valence electrons. The molecule has 2 aromatic carbocycles. The number of aryl methyl sites for hydroxylation is 1. The number of amides is 1. The quantitative estimate of drug-likeness (QED) is 0.433. The van der Waals surface area contributed by atoms with Gasteiger partial charge in [0.05, 0.1) is 10.7 Å². The van der Waals surface area contributed by atoms with Gasteiger partial charge in [-0.05, 0) is 68.6 Å². The molecule has 0 unspecified atom stereocenters. The molecule has 0 aliphatic rings. The number of benzene rings is 2. The van der Waals surface area contributed by atoms with E-state index in [1.807, 2.05) is 6.92 Å². The zero-order chi connectivity index (χ0) is 18.6. The number of hydrogen-bond acceptors (Lipinski definition) is 5. The van der Waals surface area contributed by atoms with Gasteiger partial charge in [-0.1, -0.05) is 11.6 Å². The number of hydrazone groups is 1. The molecule has 2 aromatic rings. The average Bonchev–Trinajstić information content (AvgIpc) is 2.58. The first-order chi connectivity index (χ1) is 11.8. The summed E-state index contributed by atoms with van der Waals surface area (Å²) < 4.78 is 5.83. The lowest BCUT2D eigenvalue weighted by atomic mass is 10.2. The standard InChI is InChI=1S/C16H13Br2ClN2O4/c1-8-4-10(2-3-12(8)19)25-7-13(22)21-20-6-9-5-11(17)16(24)14(18)15(9)23/h2-6,23-24H,7H2,1H3,(H,21,22)/b20-6-. The van der Waals surface area contributed by atoms with Gasteiger partial charge in [0.2, 0.25) is 0 Å². The molecule has 0 bridgehead atoms. The van der Waals surface area contributed by atoms with E-state index in [1.165, 1.54) is 12.3 Å². The van der Waals surface area contributed by atoms with Crippen molar-refractivity contribution in [1.29, 1.82) is 0 Å². The molecular formula is C16H13Br2ClN2O4. The second-order valence-corrected chi connectivity index (χ2v) is 7.01. The summed E-state index contributed by atoms with van der Waals surface area (Å²) in [7, 11) is 0. The minimum Gasteiger partial charge on any atom is -0.506 e. The van der Waals surface area contributed by atoms with Crippen molar-refractivity contribution >= 4 is 55.6 Å². The summed E-state index contributed by atoms with van der Waals surface area (Å²) in [5, 5.41) is 23.9. The number of nitrogens with one attached hydrogen (secondary N) is 1. The molecule has 0 saturated heterocycles. The highest BCUT2D eigenvalue weighted by molar-refractivity contribution is 9.11. The summed E-state index contributed by atoms with van der Waals surface area (Å²) in [4.78, 5) is 11.7. The third kappa shape index (κ3) is 5.10. The van der Waals surface area contributed by atoms with Crippen molar-refractivity contribution in [2.24, 2.45) is 5.10 Å². The van der Waals surface area contributed by atoms with Gasteiger partial charge in [0.15, 0.2) is 6.61 Å². The Kier molecular flexibility index (Phi) is 6.69. The van der Waals surface area contributed by atoms with Crippen LogP contribution in [0.3, 0.4) is 0 Å². The Bertz CT molecular complexity index is 843. The van der Waals surface area contributed by atoms with E-state index in [1.54, 1.807) is 18.2 Å². The molecule has 0 fully saturated rings. The molecule has 1 amide bonds. The lowest BCUT2D eigenvalue weighted by Gasteiger charge is -2.07. The van der Waals surface area contributed by atoms with Crippen molar-refractivity contribution in [3.63, 3.8) is 0 Å². The van der Waals surface area contributed by atoms with Gasteiger partial charge in [-0.25, -0.2) is 5.43 Å². The number of phenolic OH excluding ortho intramolecular Hbond substituents is 2. The van der Waals surface area contributed by atoms with E-state index >= 15 is 0 Å². The van der Waals surface area contributed by atoms with Gasteiger partial charge in [0, 0.05) is 10.6 Å². The van der Waals surface area contributed by atoms with E-state index in [2.05, 4.69) is 42.4 Å². The summed E-state index contributed by atoms with van der Waals surface area (Å²) in [5.74, 6) is -0.290. The topological polar surface area (TPSA) is 91.2 Å². The monoisotopic (exact) mass is 490 g/mol. The van der Waals surface area contributed by atoms with Crippen molar-refractivity contribution in [3.8, 4) is 17.2 Å². The second kappa shape index (κ2) is 8.55. The van der Waals surface area contributed by atoms with Gasteiger partial charge in [-0.2, -0.15) is 5.10 Å². The summed E-state index contributed by atoms with van der Waals surface area (Å²) in [6, 6.07) is 6.53. The first-order valence-corrected chi connectivity index (χ1v) is 8.86. The van der Waals surface area contributed by atoms with Gasteiger partial charge in [0.25, 0.3) is 5.91 Å². The molecule has 0 saturated carbocycles. The molecule has 0 radical (unpaired) electrons. The van der Waals surface area contributed by atoms with E-state index in [-0.39, 0.29) is 22.6 Å². The summed E-state index contributed by atoms with van der Waals surface area (Å²) in [6.45, 7) is 1.60. The highest BCUT2D eigenvalue weighted by Crippen LogP contribution is 2.40. The molecule has 2 rings (SSSR count). The van der Waals surface area contributed by atoms with Crippen LogP contribution in [0.25, 0.3) is 0 Å². The number of carbonyl (C=O) groups is 1. The lowest BCUT2D eigenvalue weighted by molar-refractivity contribution is -0.123. The van der Waals surface area contributed by atoms with Gasteiger partial charge in [-0.15, -0.1) is 0 Å². The predicted octanol–water partition coefficient (Wildman–Crippen LogP) is 4.11. The van der Waals surface area contributed by atoms with Crippen molar-refractivity contribution in [1.82, 2.24) is 5.43 Å². The van der Waals surface area contributed by atoms with Crippen LogP contribution in [-0.2, 0) is 4.79 Å². The van der Waals surface area contributed by atoms with Crippen LogP contribution in [0.5, 0.6) is 17.2 Å². The van der Waals surface area contributed by atoms with E-state index in [4.69, 9.17) is 16.3 Å². The van der Waals surface area contributed by atoms with Crippen LogP contribution in [-0.4, -0.2) is 28.9 Å². The Morgan fingerprint density at radius 1 is 1.32 bits per heavy atom. The minimum absolute atomic E-state index is 0.121. The Hall–Kier alpha value is -1.77. The van der Waals surface area contributed by atoms with Gasteiger partial charge in [0.1, 0.15) is 21.7 Å². The first kappa shape index (κ1) is 19.6. The average molecular weight is 493 g/mol. The van der Waals surface area contributed by atoms with Crippen molar-refractivity contribution < 1.29 is 19.7 Å². The minimum atomic E-state index is -0.472. The predicted molar refractivity (Wildman–Crippen MR) is 103 cm³/mol. The molecule has 0 aromatic heterocycles. The summed E-state index contributed by atoms with van der Waals surface area (Å²) in [5.41, 5.74) is 3.42. The smallest absolute Gasteiger partial charge is 0.277 e. The Balaban J connectivity index is 1.93. The van der Waals surface area contributed by atoms with E-state index in [9.17, 15) is 15.0 Å². The lowest BCUT2D eigenvalue weighted by Crippen LogP contribution is -2.24. The largest absolute Gasteiger partial charge is 0.506 e. The number of rotatable bonds is 5. The van der Waals surface area contributed by atoms with Crippen LogP contribution in [0.15, 0.2) is 38.3 Å². The van der Waals surface area contributed by atoms with Crippen LogP contribution in [0.4, 0.5) is 0 Å².